The number of hydrogen-bond acceptors (Lipinski definition) is 7. The molecule has 0 unspecified atom stereocenters. The maximum absolute atomic E-state index is 5.80. The van der Waals surface area contributed by atoms with Gasteiger partial charge < -0.3 is 15.4 Å². The van der Waals surface area contributed by atoms with Crippen LogP contribution in [0.3, 0.4) is 0 Å². The van der Waals surface area contributed by atoms with Crippen LogP contribution in [0.1, 0.15) is 0 Å². The predicted octanol–water partition coefficient (Wildman–Crippen LogP) is 2.01. The van der Waals surface area contributed by atoms with Crippen molar-refractivity contribution in [1.29, 1.82) is 0 Å². The van der Waals surface area contributed by atoms with Crippen molar-refractivity contribution in [3.8, 4) is 21.0 Å². The Hall–Kier alpha value is -2.45. The molecule has 0 bridgehead atoms. The van der Waals surface area contributed by atoms with Gasteiger partial charge in [-0.3, -0.25) is 0 Å². The SMILES string of the molecule is Nc1n[nH]nc1-c1ccc(-c2ccc(N3CCOCC3)nc2)s1. The minimum Gasteiger partial charge on any atom is -0.380 e. The molecule has 3 aromatic rings. The highest BCUT2D eigenvalue weighted by atomic mass is 32.1. The van der Waals surface area contributed by atoms with Gasteiger partial charge in [-0.05, 0) is 24.3 Å². The Kier molecular flexibility index (Phi) is 3.68. The summed E-state index contributed by atoms with van der Waals surface area (Å²) in [5.74, 6) is 1.41. The molecule has 1 saturated heterocycles. The number of aromatic nitrogens is 4. The zero-order valence-corrected chi connectivity index (χ0v) is 13.2. The number of pyridine rings is 1. The van der Waals surface area contributed by atoms with E-state index in [2.05, 4.69) is 43.5 Å². The van der Waals surface area contributed by atoms with Gasteiger partial charge in [0, 0.05) is 29.7 Å². The lowest BCUT2D eigenvalue weighted by molar-refractivity contribution is 0.122. The number of morpholine rings is 1. The number of ether oxygens (including phenoxy) is 1. The van der Waals surface area contributed by atoms with Gasteiger partial charge in [-0.15, -0.1) is 16.4 Å². The van der Waals surface area contributed by atoms with E-state index in [9.17, 15) is 0 Å². The smallest absolute Gasteiger partial charge is 0.174 e. The van der Waals surface area contributed by atoms with Crippen molar-refractivity contribution >= 4 is 23.0 Å². The second-order valence-corrected chi connectivity index (χ2v) is 6.31. The van der Waals surface area contributed by atoms with E-state index >= 15 is 0 Å². The van der Waals surface area contributed by atoms with E-state index in [1.165, 1.54) is 0 Å². The van der Waals surface area contributed by atoms with Crippen molar-refractivity contribution in [2.45, 2.75) is 0 Å². The lowest BCUT2D eigenvalue weighted by Gasteiger charge is -2.27. The van der Waals surface area contributed by atoms with Gasteiger partial charge in [-0.2, -0.15) is 10.3 Å². The lowest BCUT2D eigenvalue weighted by atomic mass is 10.2. The number of nitrogen functional groups attached to an aromatic ring is 1. The molecule has 8 heteroatoms. The molecule has 1 aliphatic heterocycles. The average molecular weight is 328 g/mol. The number of rotatable bonds is 3. The molecule has 4 rings (SSSR count). The summed E-state index contributed by atoms with van der Waals surface area (Å²) in [4.78, 5) is 8.94. The number of thiophene rings is 1. The van der Waals surface area contributed by atoms with Gasteiger partial charge in [0.15, 0.2) is 5.82 Å². The van der Waals surface area contributed by atoms with Crippen molar-refractivity contribution in [2.24, 2.45) is 0 Å². The molecule has 7 nitrogen and oxygen atoms in total. The summed E-state index contributed by atoms with van der Waals surface area (Å²) in [7, 11) is 0. The molecule has 4 heterocycles. The Balaban J connectivity index is 1.56. The van der Waals surface area contributed by atoms with Gasteiger partial charge in [-0.1, -0.05) is 0 Å². The van der Waals surface area contributed by atoms with Crippen LogP contribution in [0.4, 0.5) is 11.6 Å². The highest BCUT2D eigenvalue weighted by Crippen LogP contribution is 2.35. The fourth-order valence-corrected chi connectivity index (χ4v) is 3.55. The molecule has 0 aromatic carbocycles. The van der Waals surface area contributed by atoms with Gasteiger partial charge in [0.05, 0.1) is 18.1 Å². The van der Waals surface area contributed by atoms with Gasteiger partial charge in [-0.25, -0.2) is 4.98 Å². The van der Waals surface area contributed by atoms with E-state index < -0.39 is 0 Å². The van der Waals surface area contributed by atoms with Crippen molar-refractivity contribution in [3.63, 3.8) is 0 Å². The number of aromatic amines is 1. The van der Waals surface area contributed by atoms with Crippen molar-refractivity contribution < 1.29 is 4.74 Å². The number of hydrogen-bond donors (Lipinski definition) is 2. The quantitative estimate of drug-likeness (QED) is 0.764. The third-order valence-electron chi connectivity index (χ3n) is 3.78. The van der Waals surface area contributed by atoms with Crippen LogP contribution >= 0.6 is 11.3 Å². The molecule has 1 aliphatic rings. The van der Waals surface area contributed by atoms with E-state index in [1.54, 1.807) is 11.3 Å². The maximum atomic E-state index is 5.80. The molecule has 0 radical (unpaired) electrons. The normalized spacial score (nSPS) is 15.0. The first-order chi connectivity index (χ1) is 11.3. The minimum atomic E-state index is 0.416. The predicted molar refractivity (Wildman–Crippen MR) is 90.4 cm³/mol. The molecule has 1 fully saturated rings. The van der Waals surface area contributed by atoms with E-state index in [1.807, 2.05) is 12.3 Å². The molecule has 3 aromatic heterocycles. The molecular formula is C15H16N6OS. The topological polar surface area (TPSA) is 93.0 Å². The van der Waals surface area contributed by atoms with Crippen LogP contribution in [-0.2, 0) is 4.74 Å². The van der Waals surface area contributed by atoms with Gasteiger partial charge in [0.25, 0.3) is 0 Å². The van der Waals surface area contributed by atoms with Crippen LogP contribution < -0.4 is 10.6 Å². The summed E-state index contributed by atoms with van der Waals surface area (Å²) >= 11 is 1.62. The Morgan fingerprint density at radius 2 is 1.91 bits per heavy atom. The number of H-pyrrole nitrogens is 1. The Morgan fingerprint density at radius 1 is 1.09 bits per heavy atom. The molecule has 0 amide bonds. The van der Waals surface area contributed by atoms with Crippen molar-refractivity contribution in [3.05, 3.63) is 30.5 Å². The van der Waals surface area contributed by atoms with E-state index in [0.29, 0.717) is 11.5 Å². The second-order valence-electron chi connectivity index (χ2n) is 5.23. The summed E-state index contributed by atoms with van der Waals surface area (Å²) in [6.45, 7) is 3.30. The van der Waals surface area contributed by atoms with Gasteiger partial charge >= 0.3 is 0 Å². The fraction of sp³-hybridized carbons (Fsp3) is 0.267. The van der Waals surface area contributed by atoms with Crippen LogP contribution in [0.2, 0.25) is 0 Å². The van der Waals surface area contributed by atoms with Crippen LogP contribution in [0, 0.1) is 0 Å². The third-order valence-corrected chi connectivity index (χ3v) is 4.92. The lowest BCUT2D eigenvalue weighted by Crippen LogP contribution is -2.36. The highest BCUT2D eigenvalue weighted by Gasteiger charge is 2.14. The molecule has 0 aliphatic carbocycles. The van der Waals surface area contributed by atoms with E-state index in [4.69, 9.17) is 10.5 Å². The maximum Gasteiger partial charge on any atom is 0.174 e. The third kappa shape index (κ3) is 2.78. The van der Waals surface area contributed by atoms with E-state index in [-0.39, 0.29) is 0 Å². The Labute approximate surface area is 137 Å². The van der Waals surface area contributed by atoms with Crippen molar-refractivity contribution in [2.75, 3.05) is 36.9 Å². The summed E-state index contributed by atoms with van der Waals surface area (Å²) in [5.41, 5.74) is 7.57. The monoisotopic (exact) mass is 328 g/mol. The van der Waals surface area contributed by atoms with Crippen LogP contribution in [0.25, 0.3) is 21.0 Å². The molecule has 23 heavy (non-hydrogen) atoms. The fourth-order valence-electron chi connectivity index (χ4n) is 2.55. The van der Waals surface area contributed by atoms with Crippen molar-refractivity contribution in [1.82, 2.24) is 20.4 Å². The molecule has 118 valence electrons. The summed E-state index contributed by atoms with van der Waals surface area (Å²) in [6.07, 6.45) is 1.91. The van der Waals surface area contributed by atoms with E-state index in [0.717, 1.165) is 47.4 Å². The zero-order chi connectivity index (χ0) is 15.6. The zero-order valence-electron chi connectivity index (χ0n) is 12.4. The molecule has 0 spiro atoms. The molecule has 0 saturated carbocycles. The highest BCUT2D eigenvalue weighted by molar-refractivity contribution is 7.18. The Morgan fingerprint density at radius 3 is 2.61 bits per heavy atom. The number of nitrogens with one attached hydrogen (secondary N) is 1. The van der Waals surface area contributed by atoms with Crippen LogP contribution in [0.15, 0.2) is 30.5 Å². The summed E-state index contributed by atoms with van der Waals surface area (Å²) in [6, 6.07) is 8.22. The number of nitrogens with two attached hydrogens (primary N) is 1. The minimum absolute atomic E-state index is 0.416. The second kappa shape index (κ2) is 5.98. The molecular weight excluding hydrogens is 312 g/mol. The van der Waals surface area contributed by atoms with Gasteiger partial charge in [0.2, 0.25) is 0 Å². The standard InChI is InChI=1S/C15H16N6OS/c16-15-14(18-20-19-15)12-3-2-11(23-12)10-1-4-13(17-9-10)21-5-7-22-8-6-21/h1-4,9H,5-8H2,(H3,16,18,19,20). The first-order valence-electron chi connectivity index (χ1n) is 7.37. The van der Waals surface area contributed by atoms with Crippen LogP contribution in [-0.4, -0.2) is 46.7 Å². The molecule has 3 N–H and O–H groups in total. The summed E-state index contributed by atoms with van der Waals surface area (Å²) < 4.78 is 5.37. The average Bonchev–Trinajstić information content (AvgIpc) is 3.24. The number of anilines is 2. The Bertz CT molecular complexity index is 790. The molecule has 0 atom stereocenters. The van der Waals surface area contributed by atoms with Gasteiger partial charge in [0.1, 0.15) is 11.5 Å². The summed E-state index contributed by atoms with van der Waals surface area (Å²) in [5, 5.41) is 10.5. The number of nitrogens with zero attached hydrogens (tertiary/aromatic N) is 4. The first-order valence-corrected chi connectivity index (χ1v) is 8.18. The largest absolute Gasteiger partial charge is 0.380 e. The van der Waals surface area contributed by atoms with Crippen LogP contribution in [0.5, 0.6) is 0 Å². The first kappa shape index (κ1) is 14.2.